The second-order valence-corrected chi connectivity index (χ2v) is 7.80. The summed E-state index contributed by atoms with van der Waals surface area (Å²) in [5.74, 6) is 0.463. The van der Waals surface area contributed by atoms with Crippen LogP contribution in [-0.4, -0.2) is 38.9 Å². The highest BCUT2D eigenvalue weighted by Crippen LogP contribution is 2.24. The van der Waals surface area contributed by atoms with E-state index in [0.29, 0.717) is 23.9 Å². The van der Waals surface area contributed by atoms with Gasteiger partial charge in [0.1, 0.15) is 0 Å². The summed E-state index contributed by atoms with van der Waals surface area (Å²) in [6, 6.07) is 7.39. The Morgan fingerprint density at radius 3 is 2.57 bits per heavy atom. The number of rotatable bonds is 7. The summed E-state index contributed by atoms with van der Waals surface area (Å²) in [5, 5.41) is 3.29. The van der Waals surface area contributed by atoms with Crippen LogP contribution in [0.2, 0.25) is 0 Å². The first-order valence-corrected chi connectivity index (χ1v) is 9.28. The number of sulfonamides is 1. The molecule has 4 nitrogen and oxygen atoms in total. The molecular formula is C16H26N2O2S. The third-order valence-electron chi connectivity index (χ3n) is 4.02. The third kappa shape index (κ3) is 4.28. The Labute approximate surface area is 128 Å². The Morgan fingerprint density at radius 2 is 2.00 bits per heavy atom. The maximum absolute atomic E-state index is 12.5. The Morgan fingerprint density at radius 1 is 1.29 bits per heavy atom. The molecule has 2 rings (SSSR count). The van der Waals surface area contributed by atoms with E-state index in [0.717, 1.165) is 32.4 Å². The van der Waals surface area contributed by atoms with E-state index in [1.807, 2.05) is 12.1 Å². The summed E-state index contributed by atoms with van der Waals surface area (Å²) in [5.41, 5.74) is 1.20. The van der Waals surface area contributed by atoms with Crippen LogP contribution in [0, 0.1) is 5.92 Å². The molecule has 0 saturated carbocycles. The highest BCUT2D eigenvalue weighted by atomic mass is 32.2. The van der Waals surface area contributed by atoms with Crippen LogP contribution in [0.15, 0.2) is 29.2 Å². The van der Waals surface area contributed by atoms with Crippen molar-refractivity contribution in [2.45, 2.75) is 38.0 Å². The standard InChI is InChI=1S/C16H26N2O2S/c1-3-17-11-4-5-15-6-8-16(9-7-15)21(19,20)18-12-10-14(2)13-18/h6-9,14,17H,3-5,10-13H2,1-2H3. The number of hydrogen-bond acceptors (Lipinski definition) is 3. The summed E-state index contributed by atoms with van der Waals surface area (Å²) in [7, 11) is -3.30. The smallest absolute Gasteiger partial charge is 0.243 e. The number of nitrogens with one attached hydrogen (secondary N) is 1. The first-order valence-electron chi connectivity index (χ1n) is 7.84. The molecule has 1 aliphatic heterocycles. The zero-order valence-corrected chi connectivity index (χ0v) is 13.8. The Bertz CT molecular complexity index is 540. The zero-order valence-electron chi connectivity index (χ0n) is 13.0. The molecule has 0 bridgehead atoms. The van der Waals surface area contributed by atoms with Gasteiger partial charge in [-0.25, -0.2) is 8.42 Å². The largest absolute Gasteiger partial charge is 0.317 e. The topological polar surface area (TPSA) is 49.4 Å². The summed E-state index contributed by atoms with van der Waals surface area (Å²) in [6.45, 7) is 7.48. The zero-order chi connectivity index (χ0) is 15.3. The number of nitrogens with zero attached hydrogens (tertiary/aromatic N) is 1. The Kier molecular flexibility index (Phi) is 5.79. The van der Waals surface area contributed by atoms with E-state index in [2.05, 4.69) is 19.2 Å². The fraction of sp³-hybridized carbons (Fsp3) is 0.625. The highest BCUT2D eigenvalue weighted by molar-refractivity contribution is 7.89. The minimum atomic E-state index is -3.30. The van der Waals surface area contributed by atoms with E-state index in [1.165, 1.54) is 5.56 Å². The van der Waals surface area contributed by atoms with E-state index in [9.17, 15) is 8.42 Å². The van der Waals surface area contributed by atoms with Crippen molar-refractivity contribution >= 4 is 10.0 Å². The molecule has 1 atom stereocenters. The molecule has 1 saturated heterocycles. The van der Waals surface area contributed by atoms with Crippen LogP contribution in [0.5, 0.6) is 0 Å². The van der Waals surface area contributed by atoms with Gasteiger partial charge in [0, 0.05) is 13.1 Å². The van der Waals surface area contributed by atoms with Gasteiger partial charge in [0.15, 0.2) is 0 Å². The van der Waals surface area contributed by atoms with Gasteiger partial charge in [0.25, 0.3) is 0 Å². The minimum absolute atomic E-state index is 0.423. The molecule has 21 heavy (non-hydrogen) atoms. The lowest BCUT2D eigenvalue weighted by molar-refractivity contribution is 0.464. The Balaban J connectivity index is 1.98. The average Bonchev–Trinajstić information content (AvgIpc) is 2.91. The van der Waals surface area contributed by atoms with Crippen LogP contribution in [0.25, 0.3) is 0 Å². The monoisotopic (exact) mass is 310 g/mol. The molecule has 1 aromatic carbocycles. The molecule has 0 aromatic heterocycles. The van der Waals surface area contributed by atoms with Gasteiger partial charge in [-0.15, -0.1) is 0 Å². The number of hydrogen-bond donors (Lipinski definition) is 1. The Hall–Kier alpha value is -0.910. The molecule has 0 spiro atoms. The second kappa shape index (κ2) is 7.38. The SMILES string of the molecule is CCNCCCc1ccc(S(=O)(=O)N2CCC(C)C2)cc1. The van der Waals surface area contributed by atoms with Crippen molar-refractivity contribution in [3.63, 3.8) is 0 Å². The van der Waals surface area contributed by atoms with Gasteiger partial charge in [-0.2, -0.15) is 4.31 Å². The van der Waals surface area contributed by atoms with Gasteiger partial charge in [0.05, 0.1) is 4.90 Å². The van der Waals surface area contributed by atoms with Gasteiger partial charge in [-0.3, -0.25) is 0 Å². The normalized spacial score (nSPS) is 20.0. The summed E-state index contributed by atoms with van der Waals surface area (Å²) >= 11 is 0. The van der Waals surface area contributed by atoms with Crippen molar-refractivity contribution < 1.29 is 8.42 Å². The molecule has 1 fully saturated rings. The van der Waals surface area contributed by atoms with Crippen LogP contribution in [0.3, 0.4) is 0 Å². The van der Waals surface area contributed by atoms with Crippen molar-refractivity contribution in [1.82, 2.24) is 9.62 Å². The van der Waals surface area contributed by atoms with Crippen LogP contribution in [0.1, 0.15) is 32.3 Å². The fourth-order valence-electron chi connectivity index (χ4n) is 2.68. The number of aryl methyl sites for hydroxylation is 1. The van der Waals surface area contributed by atoms with Crippen LogP contribution >= 0.6 is 0 Å². The van der Waals surface area contributed by atoms with E-state index in [4.69, 9.17) is 0 Å². The van der Waals surface area contributed by atoms with Gasteiger partial charge in [0.2, 0.25) is 10.0 Å². The average molecular weight is 310 g/mol. The van der Waals surface area contributed by atoms with E-state index in [-0.39, 0.29) is 0 Å². The van der Waals surface area contributed by atoms with Crippen molar-refractivity contribution in [3.05, 3.63) is 29.8 Å². The molecule has 118 valence electrons. The van der Waals surface area contributed by atoms with Crippen molar-refractivity contribution in [1.29, 1.82) is 0 Å². The molecular weight excluding hydrogens is 284 g/mol. The summed E-state index contributed by atoms with van der Waals surface area (Å²) < 4.78 is 26.6. The maximum atomic E-state index is 12.5. The van der Waals surface area contributed by atoms with Crippen LogP contribution < -0.4 is 5.32 Å². The molecule has 1 aromatic rings. The second-order valence-electron chi connectivity index (χ2n) is 5.86. The van der Waals surface area contributed by atoms with Gasteiger partial charge in [-0.1, -0.05) is 26.0 Å². The van der Waals surface area contributed by atoms with Crippen molar-refractivity contribution in [2.75, 3.05) is 26.2 Å². The van der Waals surface area contributed by atoms with E-state index in [1.54, 1.807) is 16.4 Å². The molecule has 0 radical (unpaired) electrons. The predicted molar refractivity (Wildman–Crippen MR) is 85.8 cm³/mol. The third-order valence-corrected chi connectivity index (χ3v) is 5.90. The van der Waals surface area contributed by atoms with Crippen molar-refractivity contribution in [3.8, 4) is 0 Å². The molecule has 1 heterocycles. The van der Waals surface area contributed by atoms with Crippen LogP contribution in [0.4, 0.5) is 0 Å². The highest BCUT2D eigenvalue weighted by Gasteiger charge is 2.30. The van der Waals surface area contributed by atoms with E-state index >= 15 is 0 Å². The molecule has 5 heteroatoms. The van der Waals surface area contributed by atoms with Gasteiger partial charge < -0.3 is 5.32 Å². The lowest BCUT2D eigenvalue weighted by Gasteiger charge is -2.16. The first kappa shape index (κ1) is 16.5. The summed E-state index contributed by atoms with van der Waals surface area (Å²) in [6.07, 6.45) is 3.01. The quantitative estimate of drug-likeness (QED) is 0.786. The molecule has 1 unspecified atom stereocenters. The lowest BCUT2D eigenvalue weighted by Crippen LogP contribution is -2.28. The van der Waals surface area contributed by atoms with Gasteiger partial charge in [-0.05, 0) is 56.0 Å². The van der Waals surface area contributed by atoms with Gasteiger partial charge >= 0.3 is 0 Å². The van der Waals surface area contributed by atoms with Crippen molar-refractivity contribution in [2.24, 2.45) is 5.92 Å². The van der Waals surface area contributed by atoms with E-state index < -0.39 is 10.0 Å². The summed E-state index contributed by atoms with van der Waals surface area (Å²) in [4.78, 5) is 0.423. The predicted octanol–water partition coefficient (Wildman–Crippen LogP) is 2.26. The maximum Gasteiger partial charge on any atom is 0.243 e. The number of benzene rings is 1. The molecule has 1 N–H and O–H groups in total. The van der Waals surface area contributed by atoms with Crippen LogP contribution in [-0.2, 0) is 16.4 Å². The molecule has 0 amide bonds. The fourth-order valence-corrected chi connectivity index (χ4v) is 4.26. The molecule has 0 aliphatic carbocycles. The minimum Gasteiger partial charge on any atom is -0.317 e. The molecule has 1 aliphatic rings. The lowest BCUT2D eigenvalue weighted by atomic mass is 10.1. The first-order chi connectivity index (χ1) is 10.0.